The van der Waals surface area contributed by atoms with Crippen LogP contribution in [0, 0.1) is 11.6 Å². The van der Waals surface area contributed by atoms with Gasteiger partial charge in [-0.25, -0.2) is 18.6 Å². The molecule has 6 nitrogen and oxygen atoms in total. The summed E-state index contributed by atoms with van der Waals surface area (Å²) < 4.78 is 40.8. The molecule has 1 aliphatic heterocycles. The van der Waals surface area contributed by atoms with E-state index in [2.05, 4.69) is 4.99 Å². The number of rotatable bonds is 7. The first kappa shape index (κ1) is 26.2. The van der Waals surface area contributed by atoms with E-state index in [-0.39, 0.29) is 30.2 Å². The van der Waals surface area contributed by atoms with E-state index >= 15 is 0 Å². The van der Waals surface area contributed by atoms with Crippen molar-refractivity contribution in [1.29, 1.82) is 0 Å². The van der Waals surface area contributed by atoms with Gasteiger partial charge in [-0.2, -0.15) is 0 Å². The van der Waals surface area contributed by atoms with Crippen molar-refractivity contribution in [2.24, 2.45) is 4.99 Å². The normalized spacial score (nSPS) is 15.1. The zero-order valence-electron chi connectivity index (χ0n) is 21.2. The molecule has 0 fully saturated rings. The van der Waals surface area contributed by atoms with Crippen molar-refractivity contribution < 1.29 is 23.0 Å². The lowest BCUT2D eigenvalue weighted by Crippen LogP contribution is -2.39. The van der Waals surface area contributed by atoms with Crippen molar-refractivity contribution in [3.63, 3.8) is 0 Å². The molecule has 198 valence electrons. The van der Waals surface area contributed by atoms with Gasteiger partial charge in [-0.3, -0.25) is 9.36 Å². The van der Waals surface area contributed by atoms with Gasteiger partial charge in [0, 0.05) is 11.1 Å². The number of hydrogen-bond acceptors (Lipinski definition) is 6. The zero-order chi connectivity index (χ0) is 27.5. The number of fused-ring (bicyclic) bond motifs is 1. The van der Waals surface area contributed by atoms with Crippen LogP contribution in [0.25, 0.3) is 6.08 Å². The fourth-order valence-electron chi connectivity index (χ4n) is 4.40. The molecule has 1 aliphatic rings. The van der Waals surface area contributed by atoms with E-state index in [1.165, 1.54) is 34.1 Å². The van der Waals surface area contributed by atoms with Crippen molar-refractivity contribution in [2.45, 2.75) is 26.5 Å². The molecule has 0 amide bonds. The van der Waals surface area contributed by atoms with E-state index < -0.39 is 17.8 Å². The van der Waals surface area contributed by atoms with Gasteiger partial charge in [0.1, 0.15) is 24.0 Å². The highest BCUT2D eigenvalue weighted by Crippen LogP contribution is 2.31. The van der Waals surface area contributed by atoms with Crippen LogP contribution < -0.4 is 19.6 Å². The molecule has 5 rings (SSSR count). The van der Waals surface area contributed by atoms with Gasteiger partial charge in [0.2, 0.25) is 0 Å². The number of hydrogen-bond donors (Lipinski definition) is 0. The van der Waals surface area contributed by atoms with E-state index in [4.69, 9.17) is 9.47 Å². The van der Waals surface area contributed by atoms with Crippen LogP contribution in [-0.2, 0) is 16.1 Å². The molecule has 0 bridgehead atoms. The molecule has 1 aromatic heterocycles. The third-order valence-corrected chi connectivity index (χ3v) is 7.23. The minimum absolute atomic E-state index is 0.0193. The van der Waals surface area contributed by atoms with Crippen LogP contribution in [0.1, 0.15) is 36.6 Å². The summed E-state index contributed by atoms with van der Waals surface area (Å²) in [6.45, 7) is 3.55. The minimum Gasteiger partial charge on any atom is -0.488 e. The maximum absolute atomic E-state index is 14.1. The van der Waals surface area contributed by atoms with Crippen LogP contribution in [0.4, 0.5) is 8.78 Å². The Morgan fingerprint density at radius 1 is 1.05 bits per heavy atom. The molecule has 0 spiro atoms. The van der Waals surface area contributed by atoms with Crippen molar-refractivity contribution in [3.8, 4) is 5.75 Å². The number of benzene rings is 3. The van der Waals surface area contributed by atoms with Crippen molar-refractivity contribution >= 4 is 23.4 Å². The van der Waals surface area contributed by atoms with Crippen LogP contribution in [-0.4, -0.2) is 17.1 Å². The Balaban J connectivity index is 1.60. The van der Waals surface area contributed by atoms with E-state index in [1.54, 1.807) is 68.5 Å². The fourth-order valence-corrected chi connectivity index (χ4v) is 5.43. The van der Waals surface area contributed by atoms with Crippen molar-refractivity contribution in [1.82, 2.24) is 4.57 Å². The number of esters is 1. The highest BCUT2D eigenvalue weighted by atomic mass is 32.1. The van der Waals surface area contributed by atoms with Crippen LogP contribution >= 0.6 is 11.3 Å². The second-order valence-corrected chi connectivity index (χ2v) is 9.78. The molecule has 9 heteroatoms. The maximum atomic E-state index is 14.1. The Morgan fingerprint density at radius 3 is 2.51 bits per heavy atom. The minimum atomic E-state index is -0.837. The number of allylic oxidation sites excluding steroid dienone is 1. The first-order valence-electron chi connectivity index (χ1n) is 12.3. The number of carbonyl (C=O) groups excluding carboxylic acids is 1. The number of halogens is 2. The first-order valence-corrected chi connectivity index (χ1v) is 13.1. The highest BCUT2D eigenvalue weighted by Gasteiger charge is 2.33. The van der Waals surface area contributed by atoms with Crippen LogP contribution in [0.5, 0.6) is 5.75 Å². The second-order valence-electron chi connectivity index (χ2n) is 8.77. The average Bonchev–Trinajstić information content (AvgIpc) is 3.23. The summed E-state index contributed by atoms with van der Waals surface area (Å²) in [7, 11) is 0. The van der Waals surface area contributed by atoms with Crippen LogP contribution in [0.15, 0.2) is 93.9 Å². The third-order valence-electron chi connectivity index (χ3n) is 6.25. The molecule has 1 unspecified atom stereocenters. The molecule has 1 atom stereocenters. The van der Waals surface area contributed by atoms with Gasteiger partial charge >= 0.3 is 5.97 Å². The molecule has 0 aliphatic carbocycles. The fraction of sp³-hybridized carbons (Fsp3) is 0.167. The Hall–Kier alpha value is -4.37. The molecule has 3 aromatic carbocycles. The first-order chi connectivity index (χ1) is 18.9. The standard InChI is InChI=1S/C30H24F2N2O4S/c1-3-37-29(36)26-18(2)33-30-34(27(26)19-12-14-22(31)15-13-19)28(35)25(39-30)16-20-8-5-7-11-24(20)38-17-21-9-4-6-10-23(21)32/h4-16,27H,3,17H2,1-2H3. The lowest BCUT2D eigenvalue weighted by Gasteiger charge is -2.24. The summed E-state index contributed by atoms with van der Waals surface area (Å²) >= 11 is 1.17. The Morgan fingerprint density at radius 2 is 1.77 bits per heavy atom. The summed E-state index contributed by atoms with van der Waals surface area (Å²) in [6.07, 6.45) is 1.69. The van der Waals surface area contributed by atoms with Crippen LogP contribution in [0.2, 0.25) is 0 Å². The van der Waals surface area contributed by atoms with Crippen molar-refractivity contribution in [2.75, 3.05) is 6.61 Å². The molecule has 4 aromatic rings. The number of para-hydroxylation sites is 1. The molecular weight excluding hydrogens is 522 g/mol. The van der Waals surface area contributed by atoms with Gasteiger partial charge in [-0.1, -0.05) is 59.9 Å². The molecular formula is C30H24F2N2O4S. The molecule has 2 heterocycles. The SMILES string of the molecule is CCOC(=O)C1=C(C)N=c2sc(=Cc3ccccc3OCc3ccccc3F)c(=O)n2C1c1ccc(F)cc1. The Kier molecular flexibility index (Phi) is 7.51. The van der Waals surface area contributed by atoms with Crippen molar-refractivity contribution in [3.05, 3.63) is 132 Å². The summed E-state index contributed by atoms with van der Waals surface area (Å²) in [6, 6.07) is 18.3. The lowest BCUT2D eigenvalue weighted by atomic mass is 9.96. The van der Waals surface area contributed by atoms with E-state index in [0.717, 1.165) is 0 Å². The number of nitrogens with zero attached hydrogens (tertiary/aromatic N) is 2. The molecule has 0 saturated heterocycles. The maximum Gasteiger partial charge on any atom is 0.338 e. The van der Waals surface area contributed by atoms with E-state index in [1.807, 2.05) is 6.07 Å². The Labute approximate surface area is 226 Å². The summed E-state index contributed by atoms with van der Waals surface area (Å²) in [5.74, 6) is -0.910. The second kappa shape index (κ2) is 11.2. The van der Waals surface area contributed by atoms with Gasteiger partial charge in [-0.05, 0) is 49.8 Å². The van der Waals surface area contributed by atoms with Gasteiger partial charge in [0.25, 0.3) is 5.56 Å². The van der Waals surface area contributed by atoms with Gasteiger partial charge in [0.15, 0.2) is 4.80 Å². The van der Waals surface area contributed by atoms with Crippen LogP contribution in [0.3, 0.4) is 0 Å². The largest absolute Gasteiger partial charge is 0.488 e. The predicted octanol–water partition coefficient (Wildman–Crippen LogP) is 4.66. The molecule has 0 saturated carbocycles. The monoisotopic (exact) mass is 546 g/mol. The topological polar surface area (TPSA) is 69.9 Å². The molecule has 0 N–H and O–H groups in total. The number of aromatic nitrogens is 1. The van der Waals surface area contributed by atoms with Gasteiger partial charge < -0.3 is 9.47 Å². The third kappa shape index (κ3) is 5.31. The van der Waals surface area contributed by atoms with E-state index in [9.17, 15) is 18.4 Å². The average molecular weight is 547 g/mol. The number of carbonyl (C=O) groups is 1. The smallest absolute Gasteiger partial charge is 0.338 e. The summed E-state index contributed by atoms with van der Waals surface area (Å²) in [4.78, 5) is 31.7. The van der Waals surface area contributed by atoms with Gasteiger partial charge in [-0.15, -0.1) is 0 Å². The lowest BCUT2D eigenvalue weighted by molar-refractivity contribution is -0.139. The van der Waals surface area contributed by atoms with Gasteiger partial charge in [0.05, 0.1) is 28.5 Å². The quantitative estimate of drug-likeness (QED) is 0.317. The molecule has 0 radical (unpaired) electrons. The zero-order valence-corrected chi connectivity index (χ0v) is 22.0. The predicted molar refractivity (Wildman–Crippen MR) is 144 cm³/mol. The van der Waals surface area contributed by atoms with E-state index in [0.29, 0.717) is 37.5 Å². The summed E-state index contributed by atoms with van der Waals surface area (Å²) in [5, 5.41) is 0. The number of thiazole rings is 1. The summed E-state index contributed by atoms with van der Waals surface area (Å²) in [5.41, 5.74) is 1.85. The highest BCUT2D eigenvalue weighted by molar-refractivity contribution is 7.07. The number of ether oxygens (including phenoxy) is 2. The Bertz CT molecular complexity index is 1760. The molecule has 39 heavy (non-hydrogen) atoms.